The van der Waals surface area contributed by atoms with E-state index in [4.69, 9.17) is 9.47 Å². The first kappa shape index (κ1) is 20.1. The highest BCUT2D eigenvalue weighted by atomic mass is 16.5. The van der Waals surface area contributed by atoms with Gasteiger partial charge in [-0.1, -0.05) is 48.5 Å². The summed E-state index contributed by atoms with van der Waals surface area (Å²) in [6.45, 7) is 1.88. The van der Waals surface area contributed by atoms with E-state index in [1.54, 1.807) is 24.9 Å². The lowest BCUT2D eigenvalue weighted by Crippen LogP contribution is -2.49. The Labute approximate surface area is 175 Å². The number of likely N-dealkylation sites (N-methyl/N-ethyl adjacent to an activating group) is 1. The molecule has 7 nitrogen and oxygen atoms in total. The number of methoxy groups -OCH3 is 1. The summed E-state index contributed by atoms with van der Waals surface area (Å²) in [5, 5.41) is 2.93. The second-order valence-electron chi connectivity index (χ2n) is 7.55. The number of hydrogen-bond acceptors (Lipinski definition) is 6. The first-order chi connectivity index (χ1) is 14.5. The van der Waals surface area contributed by atoms with E-state index in [1.165, 1.54) is 7.11 Å². The molecule has 30 heavy (non-hydrogen) atoms. The van der Waals surface area contributed by atoms with Gasteiger partial charge in [-0.15, -0.1) is 0 Å². The van der Waals surface area contributed by atoms with Crippen LogP contribution in [0.25, 0.3) is 0 Å². The normalized spacial score (nSPS) is 27.6. The molecule has 1 saturated heterocycles. The molecule has 1 spiro atoms. The van der Waals surface area contributed by atoms with Gasteiger partial charge in [0.2, 0.25) is 5.91 Å². The molecule has 0 bridgehead atoms. The molecule has 2 heterocycles. The Bertz CT molecular complexity index is 992. The van der Waals surface area contributed by atoms with E-state index in [-0.39, 0.29) is 12.5 Å². The molecule has 1 N–H and O–H groups in total. The molecule has 0 saturated carbocycles. The fourth-order valence-electron chi connectivity index (χ4n) is 5.12. The van der Waals surface area contributed by atoms with Gasteiger partial charge in [-0.05, 0) is 31.2 Å². The smallest absolute Gasteiger partial charge is 0.324 e. The molecule has 0 aliphatic carbocycles. The number of ether oxygens (including phenoxy) is 2. The minimum atomic E-state index is -1.34. The Morgan fingerprint density at radius 1 is 1.07 bits per heavy atom. The quantitative estimate of drug-likeness (QED) is 0.782. The summed E-state index contributed by atoms with van der Waals surface area (Å²) in [7, 11) is 3.02. The number of carbonyl (C=O) groups is 3. The molecule has 0 aromatic heterocycles. The van der Waals surface area contributed by atoms with Crippen molar-refractivity contribution in [1.29, 1.82) is 0 Å². The van der Waals surface area contributed by atoms with Crippen LogP contribution in [0.3, 0.4) is 0 Å². The Kier molecular flexibility index (Phi) is 5.07. The number of hydrogen-bond donors (Lipinski definition) is 1. The predicted molar refractivity (Wildman–Crippen MR) is 110 cm³/mol. The Morgan fingerprint density at radius 2 is 1.73 bits per heavy atom. The van der Waals surface area contributed by atoms with Crippen LogP contribution in [0, 0.1) is 5.92 Å². The highest BCUT2D eigenvalue weighted by Gasteiger charge is 2.70. The summed E-state index contributed by atoms with van der Waals surface area (Å²) in [4.78, 5) is 41.6. The molecule has 1 amide bonds. The van der Waals surface area contributed by atoms with Crippen molar-refractivity contribution in [3.8, 4) is 0 Å². The molecular formula is C23H24N2O5. The lowest BCUT2D eigenvalue weighted by atomic mass is 9.65. The van der Waals surface area contributed by atoms with Crippen LogP contribution < -0.4 is 5.32 Å². The SMILES string of the molecule is CCOC(=O)[C@H]1[C@@H](C(=O)OC)[C@]2(C(=O)Nc3ccccc32)[C@H](c2ccccc2)N1C. The molecule has 4 atom stereocenters. The summed E-state index contributed by atoms with van der Waals surface area (Å²) in [5.74, 6) is -2.57. The molecular weight excluding hydrogens is 384 g/mol. The summed E-state index contributed by atoms with van der Waals surface area (Å²) in [6, 6.07) is 15.2. The van der Waals surface area contributed by atoms with Crippen molar-refractivity contribution < 1.29 is 23.9 Å². The van der Waals surface area contributed by atoms with Crippen LogP contribution in [-0.2, 0) is 29.3 Å². The highest BCUT2D eigenvalue weighted by Crippen LogP contribution is 2.59. The van der Waals surface area contributed by atoms with Crippen molar-refractivity contribution in [3.05, 3.63) is 65.7 Å². The zero-order chi connectivity index (χ0) is 21.5. The van der Waals surface area contributed by atoms with Crippen molar-refractivity contribution >= 4 is 23.5 Å². The van der Waals surface area contributed by atoms with Crippen LogP contribution in [0.15, 0.2) is 54.6 Å². The van der Waals surface area contributed by atoms with Gasteiger partial charge in [-0.2, -0.15) is 0 Å². The third kappa shape index (κ3) is 2.65. The number of rotatable bonds is 4. The molecule has 7 heteroatoms. The van der Waals surface area contributed by atoms with E-state index in [2.05, 4.69) is 5.32 Å². The molecule has 4 rings (SSSR count). The Hall–Kier alpha value is -3.19. The molecule has 0 radical (unpaired) electrons. The highest BCUT2D eigenvalue weighted by molar-refractivity contribution is 6.11. The van der Waals surface area contributed by atoms with E-state index < -0.39 is 35.4 Å². The van der Waals surface area contributed by atoms with E-state index in [0.29, 0.717) is 11.3 Å². The van der Waals surface area contributed by atoms with E-state index in [1.807, 2.05) is 48.5 Å². The van der Waals surface area contributed by atoms with E-state index >= 15 is 0 Å². The number of carbonyl (C=O) groups excluding carboxylic acids is 3. The first-order valence-electron chi connectivity index (χ1n) is 9.90. The van der Waals surface area contributed by atoms with Crippen molar-refractivity contribution in [1.82, 2.24) is 4.90 Å². The molecule has 0 unspecified atom stereocenters. The number of benzene rings is 2. The maximum Gasteiger partial charge on any atom is 0.324 e. The van der Waals surface area contributed by atoms with Gasteiger partial charge in [0.15, 0.2) is 0 Å². The number of amides is 1. The maximum absolute atomic E-state index is 13.6. The zero-order valence-corrected chi connectivity index (χ0v) is 17.1. The minimum absolute atomic E-state index is 0.169. The number of likely N-dealkylation sites (tertiary alicyclic amines) is 1. The molecule has 2 aliphatic rings. The number of fused-ring (bicyclic) bond motifs is 2. The molecule has 2 aliphatic heterocycles. The molecule has 2 aromatic rings. The van der Waals surface area contributed by atoms with Gasteiger partial charge < -0.3 is 14.8 Å². The van der Waals surface area contributed by atoms with Gasteiger partial charge in [-0.25, -0.2) is 0 Å². The van der Waals surface area contributed by atoms with Crippen LogP contribution in [0.5, 0.6) is 0 Å². The van der Waals surface area contributed by atoms with Crippen LogP contribution in [0.2, 0.25) is 0 Å². The van der Waals surface area contributed by atoms with Gasteiger partial charge in [0.05, 0.1) is 19.8 Å². The number of nitrogens with one attached hydrogen (secondary N) is 1. The van der Waals surface area contributed by atoms with Crippen molar-refractivity contribution in [2.24, 2.45) is 5.92 Å². The number of anilines is 1. The van der Waals surface area contributed by atoms with Gasteiger partial charge >= 0.3 is 11.9 Å². The summed E-state index contributed by atoms with van der Waals surface area (Å²) in [5.41, 5.74) is 0.803. The van der Waals surface area contributed by atoms with Gasteiger partial charge in [-0.3, -0.25) is 19.3 Å². The third-order valence-corrected chi connectivity index (χ3v) is 6.18. The Morgan fingerprint density at radius 3 is 2.40 bits per heavy atom. The van der Waals surface area contributed by atoms with Gasteiger partial charge in [0.25, 0.3) is 0 Å². The second-order valence-corrected chi connectivity index (χ2v) is 7.55. The zero-order valence-electron chi connectivity index (χ0n) is 17.1. The average Bonchev–Trinajstić information content (AvgIpc) is 3.20. The van der Waals surface area contributed by atoms with Crippen molar-refractivity contribution in [2.75, 3.05) is 26.1 Å². The van der Waals surface area contributed by atoms with Gasteiger partial charge in [0.1, 0.15) is 17.4 Å². The summed E-state index contributed by atoms with van der Waals surface area (Å²) >= 11 is 0. The van der Waals surface area contributed by atoms with Crippen LogP contribution >= 0.6 is 0 Å². The number of nitrogens with zero attached hydrogens (tertiary/aromatic N) is 1. The van der Waals surface area contributed by atoms with E-state index in [9.17, 15) is 14.4 Å². The van der Waals surface area contributed by atoms with Crippen LogP contribution in [0.4, 0.5) is 5.69 Å². The topological polar surface area (TPSA) is 84.9 Å². The minimum Gasteiger partial charge on any atom is -0.469 e. The first-order valence-corrected chi connectivity index (χ1v) is 9.90. The molecule has 156 valence electrons. The molecule has 2 aromatic carbocycles. The second kappa shape index (κ2) is 7.57. The maximum atomic E-state index is 13.6. The fourth-order valence-corrected chi connectivity index (χ4v) is 5.12. The monoisotopic (exact) mass is 408 g/mol. The van der Waals surface area contributed by atoms with Gasteiger partial charge in [0, 0.05) is 5.69 Å². The molecule has 1 fully saturated rings. The fraction of sp³-hybridized carbons (Fsp3) is 0.348. The Balaban J connectivity index is 2.03. The summed E-state index contributed by atoms with van der Waals surface area (Å²) < 4.78 is 10.4. The number of esters is 2. The lowest BCUT2D eigenvalue weighted by molar-refractivity contribution is -0.158. The van der Waals surface area contributed by atoms with Crippen LogP contribution in [-0.4, -0.2) is 49.6 Å². The van der Waals surface area contributed by atoms with Crippen molar-refractivity contribution in [2.45, 2.75) is 24.4 Å². The predicted octanol–water partition coefficient (Wildman–Crippen LogP) is 2.28. The van der Waals surface area contributed by atoms with E-state index in [0.717, 1.165) is 5.56 Å². The number of para-hydroxylation sites is 1. The lowest BCUT2D eigenvalue weighted by Gasteiger charge is -2.34. The van der Waals surface area contributed by atoms with Crippen molar-refractivity contribution in [3.63, 3.8) is 0 Å². The average molecular weight is 408 g/mol. The largest absolute Gasteiger partial charge is 0.469 e. The summed E-state index contributed by atoms with van der Waals surface area (Å²) in [6.07, 6.45) is 0. The third-order valence-electron chi connectivity index (χ3n) is 6.18. The standard InChI is InChI=1S/C23H24N2O5/c1-4-30-21(27)18-17(20(26)29-3)23(15-12-8-9-13-16(15)24-22(23)28)19(25(18)2)14-10-6-5-7-11-14/h5-13,17-19H,4H2,1-3H3,(H,24,28)/t17-,18+,19-,23-/m0/s1. The van der Waals surface area contributed by atoms with Crippen LogP contribution in [0.1, 0.15) is 24.1 Å².